The molecular weight excluding hydrogens is 446 g/mol. The predicted molar refractivity (Wildman–Crippen MR) is 123 cm³/mol. The van der Waals surface area contributed by atoms with Crippen molar-refractivity contribution in [3.05, 3.63) is 64.9 Å². The van der Waals surface area contributed by atoms with Crippen molar-refractivity contribution in [1.29, 1.82) is 0 Å². The average Bonchev–Trinajstić information content (AvgIpc) is 3.13. The van der Waals surface area contributed by atoms with E-state index in [0.717, 1.165) is 23.4 Å². The lowest BCUT2D eigenvalue weighted by Gasteiger charge is -2.42. The molecular formula is C26H27F4N3O. The number of hydrogen-bond acceptors (Lipinski definition) is 3. The Labute approximate surface area is 195 Å². The summed E-state index contributed by atoms with van der Waals surface area (Å²) in [4.78, 5) is 18.1. The Morgan fingerprint density at radius 2 is 1.74 bits per heavy atom. The highest BCUT2D eigenvalue weighted by atomic mass is 19.3. The fourth-order valence-corrected chi connectivity index (χ4v) is 5.41. The number of anilines is 1. The van der Waals surface area contributed by atoms with Crippen LogP contribution in [0.2, 0.25) is 0 Å². The van der Waals surface area contributed by atoms with Crippen LogP contribution < -0.4 is 4.90 Å². The van der Waals surface area contributed by atoms with Crippen molar-refractivity contribution in [2.24, 2.45) is 0 Å². The van der Waals surface area contributed by atoms with Gasteiger partial charge in [0.15, 0.2) is 0 Å². The molecule has 2 aliphatic heterocycles. The van der Waals surface area contributed by atoms with Crippen molar-refractivity contribution in [2.75, 3.05) is 24.5 Å². The lowest BCUT2D eigenvalue weighted by Crippen LogP contribution is -2.48. The van der Waals surface area contributed by atoms with E-state index in [2.05, 4.69) is 4.98 Å². The molecule has 4 nitrogen and oxygen atoms in total. The van der Waals surface area contributed by atoms with E-state index < -0.39 is 30.1 Å². The van der Waals surface area contributed by atoms with Crippen LogP contribution in [0.15, 0.2) is 36.4 Å². The number of fused-ring (bicyclic) bond motifs is 3. The van der Waals surface area contributed by atoms with Crippen LogP contribution in [0.1, 0.15) is 49.6 Å². The van der Waals surface area contributed by atoms with Crippen LogP contribution in [-0.2, 0) is 11.2 Å². The predicted octanol–water partition coefficient (Wildman–Crippen LogP) is 5.61. The minimum atomic E-state index is -3.04. The van der Waals surface area contributed by atoms with Gasteiger partial charge in [-0.05, 0) is 37.1 Å². The Kier molecular flexibility index (Phi) is 5.67. The summed E-state index contributed by atoms with van der Waals surface area (Å²) in [5.41, 5.74) is 2.39. The molecule has 1 unspecified atom stereocenters. The quantitative estimate of drug-likeness (QED) is 0.501. The van der Waals surface area contributed by atoms with Crippen LogP contribution in [0.3, 0.4) is 0 Å². The van der Waals surface area contributed by atoms with Gasteiger partial charge >= 0.3 is 0 Å². The molecule has 1 N–H and O–H groups in total. The second-order valence-corrected chi connectivity index (χ2v) is 9.61. The van der Waals surface area contributed by atoms with Gasteiger partial charge < -0.3 is 9.88 Å². The SMILES string of the molecule is CC1Cc2c([nH]c3ccccc23)[C@@H](c2c(F)cc(N3CCC(=O)CC3)cc2F)N1CC(C)(F)F. The molecule has 1 aromatic heterocycles. The van der Waals surface area contributed by atoms with Gasteiger partial charge in [-0.2, -0.15) is 0 Å². The summed E-state index contributed by atoms with van der Waals surface area (Å²) in [5.74, 6) is -4.46. The van der Waals surface area contributed by atoms with Gasteiger partial charge in [-0.3, -0.25) is 9.69 Å². The van der Waals surface area contributed by atoms with Crippen molar-refractivity contribution in [1.82, 2.24) is 9.88 Å². The van der Waals surface area contributed by atoms with E-state index in [-0.39, 0.29) is 17.4 Å². The van der Waals surface area contributed by atoms with E-state index in [1.807, 2.05) is 31.2 Å². The molecule has 1 fully saturated rings. The van der Waals surface area contributed by atoms with Crippen molar-refractivity contribution < 1.29 is 22.4 Å². The van der Waals surface area contributed by atoms with Crippen molar-refractivity contribution in [3.63, 3.8) is 0 Å². The first-order chi connectivity index (χ1) is 16.1. The van der Waals surface area contributed by atoms with E-state index in [9.17, 15) is 13.6 Å². The number of carbonyl (C=O) groups is 1. The molecule has 3 heterocycles. The number of Topliss-reactive ketones (excluding diaryl/α,β-unsaturated/α-hetero) is 1. The van der Waals surface area contributed by atoms with E-state index in [1.165, 1.54) is 17.0 Å². The summed E-state index contributed by atoms with van der Waals surface area (Å²) in [7, 11) is 0. The van der Waals surface area contributed by atoms with Crippen LogP contribution in [-0.4, -0.2) is 47.3 Å². The van der Waals surface area contributed by atoms with E-state index in [4.69, 9.17) is 0 Å². The lowest BCUT2D eigenvalue weighted by molar-refractivity contribution is -0.119. The number of rotatable bonds is 4. The molecule has 3 aromatic rings. The largest absolute Gasteiger partial charge is 0.370 e. The monoisotopic (exact) mass is 473 g/mol. The highest BCUT2D eigenvalue weighted by Gasteiger charge is 2.42. The van der Waals surface area contributed by atoms with Crippen LogP contribution >= 0.6 is 0 Å². The first-order valence-electron chi connectivity index (χ1n) is 11.6. The molecule has 2 atom stereocenters. The third kappa shape index (κ3) is 4.08. The number of aromatic nitrogens is 1. The molecule has 5 rings (SSSR count). The third-order valence-corrected chi connectivity index (χ3v) is 7.00. The molecule has 0 spiro atoms. The number of piperidine rings is 1. The number of ketones is 1. The molecule has 34 heavy (non-hydrogen) atoms. The van der Waals surface area contributed by atoms with Crippen LogP contribution in [0, 0.1) is 11.6 Å². The van der Waals surface area contributed by atoms with E-state index >= 15 is 8.78 Å². The zero-order valence-electron chi connectivity index (χ0n) is 19.2. The van der Waals surface area contributed by atoms with E-state index in [0.29, 0.717) is 43.7 Å². The van der Waals surface area contributed by atoms with Crippen molar-refractivity contribution in [3.8, 4) is 0 Å². The fourth-order valence-electron chi connectivity index (χ4n) is 5.41. The number of nitrogens with one attached hydrogen (secondary N) is 1. The number of benzene rings is 2. The maximum absolute atomic E-state index is 15.6. The maximum Gasteiger partial charge on any atom is 0.257 e. The number of carbonyl (C=O) groups excluding carboxylic acids is 1. The molecule has 0 bridgehead atoms. The first-order valence-corrected chi connectivity index (χ1v) is 11.6. The molecule has 1 saturated heterocycles. The highest BCUT2D eigenvalue weighted by molar-refractivity contribution is 5.85. The average molecular weight is 474 g/mol. The number of para-hydroxylation sites is 1. The first kappa shape index (κ1) is 22.9. The van der Waals surface area contributed by atoms with Gasteiger partial charge in [0.2, 0.25) is 0 Å². The number of nitrogens with zero attached hydrogens (tertiary/aromatic N) is 2. The molecule has 0 aliphatic carbocycles. The summed E-state index contributed by atoms with van der Waals surface area (Å²) in [5, 5.41) is 0.938. The Morgan fingerprint density at radius 1 is 1.09 bits per heavy atom. The fraction of sp³-hybridized carbons (Fsp3) is 0.423. The zero-order valence-corrected chi connectivity index (χ0v) is 19.2. The van der Waals surface area contributed by atoms with Crippen LogP contribution in [0.5, 0.6) is 0 Å². The Bertz CT molecular complexity index is 1220. The Hall–Kier alpha value is -2.87. The van der Waals surface area contributed by atoms with Crippen LogP contribution in [0.25, 0.3) is 10.9 Å². The lowest BCUT2D eigenvalue weighted by atomic mass is 9.87. The molecule has 2 aromatic carbocycles. The van der Waals surface area contributed by atoms with Gasteiger partial charge in [0.1, 0.15) is 17.4 Å². The maximum atomic E-state index is 15.6. The van der Waals surface area contributed by atoms with Gasteiger partial charge in [-0.1, -0.05) is 18.2 Å². The molecule has 0 saturated carbocycles. The van der Waals surface area contributed by atoms with E-state index in [1.54, 1.807) is 4.90 Å². The van der Waals surface area contributed by atoms with Gasteiger partial charge in [0.25, 0.3) is 5.92 Å². The van der Waals surface area contributed by atoms with Gasteiger partial charge in [0, 0.05) is 66.7 Å². The minimum Gasteiger partial charge on any atom is -0.370 e. The topological polar surface area (TPSA) is 39.3 Å². The summed E-state index contributed by atoms with van der Waals surface area (Å²) in [6, 6.07) is 8.72. The number of hydrogen-bond donors (Lipinski definition) is 1. The number of halogens is 4. The van der Waals surface area contributed by atoms with Crippen LogP contribution in [0.4, 0.5) is 23.2 Å². The number of aromatic amines is 1. The summed E-state index contributed by atoms with van der Waals surface area (Å²) in [6.45, 7) is 2.82. The van der Waals surface area contributed by atoms with Gasteiger partial charge in [-0.15, -0.1) is 0 Å². The molecule has 0 radical (unpaired) electrons. The standard InChI is InChI=1S/C26H27F4N3O/c1-15-11-19-18-5-3-4-6-22(18)31-24(19)25(33(15)14-26(2,29)30)23-20(27)12-16(13-21(23)28)32-9-7-17(34)8-10-32/h3-6,12-13,15,25,31H,7-11,14H2,1-2H3/t15?,25-/m1/s1. The third-order valence-electron chi connectivity index (χ3n) is 7.00. The number of alkyl halides is 2. The second-order valence-electron chi connectivity index (χ2n) is 9.61. The van der Waals surface area contributed by atoms with Crippen molar-refractivity contribution in [2.45, 2.75) is 51.1 Å². The van der Waals surface area contributed by atoms with Gasteiger partial charge in [-0.25, -0.2) is 17.6 Å². The normalized spacial score (nSPS) is 21.8. The van der Waals surface area contributed by atoms with Crippen molar-refractivity contribution >= 4 is 22.4 Å². The minimum absolute atomic E-state index is 0.132. The highest BCUT2D eigenvalue weighted by Crippen LogP contribution is 2.44. The molecule has 180 valence electrons. The zero-order chi connectivity index (χ0) is 24.2. The second kappa shape index (κ2) is 8.41. The number of H-pyrrole nitrogens is 1. The molecule has 8 heteroatoms. The smallest absolute Gasteiger partial charge is 0.257 e. The molecule has 0 amide bonds. The summed E-state index contributed by atoms with van der Waals surface area (Å²) >= 11 is 0. The summed E-state index contributed by atoms with van der Waals surface area (Å²) < 4.78 is 59.7. The Balaban J connectivity index is 1.64. The molecule has 2 aliphatic rings. The summed E-state index contributed by atoms with van der Waals surface area (Å²) in [6.07, 6.45) is 1.17. The Morgan fingerprint density at radius 3 is 2.38 bits per heavy atom. The van der Waals surface area contributed by atoms with Gasteiger partial charge in [0.05, 0.1) is 12.6 Å².